The Labute approximate surface area is 56.4 Å². The molecule has 0 aliphatic carbocycles. The van der Waals surface area contributed by atoms with Crippen LogP contribution in [0.25, 0.3) is 0 Å². The fourth-order valence-electron chi connectivity index (χ4n) is 0.694. The van der Waals surface area contributed by atoms with Gasteiger partial charge in [-0.2, -0.15) is 5.10 Å². The fraction of sp³-hybridized carbons (Fsp3) is 0.400. The van der Waals surface area contributed by atoms with Crippen LogP contribution in [0, 0.1) is 0 Å². The van der Waals surface area contributed by atoms with Crippen LogP contribution < -0.4 is 5.73 Å². The van der Waals surface area contributed by atoms with Gasteiger partial charge in [0.05, 0.1) is 5.69 Å². The molecule has 0 aromatic carbocycles. The first-order chi connectivity index (χ1) is 4.61. The topological polar surface area (TPSA) is 43.8 Å². The molecule has 3 nitrogen and oxygen atoms in total. The normalized spacial score (nSPS) is 10.8. The third-order valence-corrected chi connectivity index (χ3v) is 1.09. The summed E-state index contributed by atoms with van der Waals surface area (Å²) in [4.78, 5) is 0. The minimum Gasteiger partial charge on any atom is -0.396 e. The van der Waals surface area contributed by atoms with Crippen LogP contribution in [0.1, 0.15) is 12.1 Å². The van der Waals surface area contributed by atoms with Gasteiger partial charge in [0.25, 0.3) is 6.43 Å². The summed E-state index contributed by atoms with van der Waals surface area (Å²) >= 11 is 0. The number of nitrogens with zero attached hydrogens (tertiary/aromatic N) is 2. The zero-order valence-corrected chi connectivity index (χ0v) is 5.38. The van der Waals surface area contributed by atoms with E-state index in [9.17, 15) is 8.78 Å². The van der Waals surface area contributed by atoms with Crippen molar-refractivity contribution in [3.8, 4) is 0 Å². The van der Waals surface area contributed by atoms with Crippen molar-refractivity contribution in [2.75, 3.05) is 5.73 Å². The van der Waals surface area contributed by atoms with Gasteiger partial charge in [0.1, 0.15) is 0 Å². The number of alkyl halides is 2. The van der Waals surface area contributed by atoms with Gasteiger partial charge < -0.3 is 5.73 Å². The number of nitrogen functional groups attached to an aromatic ring is 1. The standard InChI is InChI=1S/C5H7F2N3/c1-10-2-3(8)4(9-10)5(6)7/h2,5H,8H2,1H3. The Morgan fingerprint density at radius 3 is 2.50 bits per heavy atom. The second-order valence-corrected chi connectivity index (χ2v) is 1.94. The Morgan fingerprint density at radius 2 is 2.30 bits per heavy atom. The van der Waals surface area contributed by atoms with Gasteiger partial charge in [-0.3, -0.25) is 4.68 Å². The molecule has 0 aliphatic rings. The first-order valence-corrected chi connectivity index (χ1v) is 2.68. The van der Waals surface area contributed by atoms with Gasteiger partial charge in [0.2, 0.25) is 0 Å². The average Bonchev–Trinajstić information content (AvgIpc) is 2.10. The first-order valence-electron chi connectivity index (χ1n) is 2.68. The van der Waals surface area contributed by atoms with Crippen LogP contribution in [0.15, 0.2) is 6.20 Å². The van der Waals surface area contributed by atoms with E-state index in [1.807, 2.05) is 0 Å². The average molecular weight is 147 g/mol. The molecule has 0 aliphatic heterocycles. The number of aryl methyl sites for hydroxylation is 1. The Hall–Kier alpha value is -1.13. The van der Waals surface area contributed by atoms with Gasteiger partial charge in [-0.1, -0.05) is 0 Å². The van der Waals surface area contributed by atoms with E-state index in [1.54, 1.807) is 7.05 Å². The SMILES string of the molecule is Cn1cc(N)c(C(F)F)n1. The zero-order valence-electron chi connectivity index (χ0n) is 5.38. The predicted octanol–water partition coefficient (Wildman–Crippen LogP) is 0.940. The lowest BCUT2D eigenvalue weighted by molar-refractivity contribution is 0.146. The van der Waals surface area contributed by atoms with Gasteiger partial charge in [-0.25, -0.2) is 8.78 Å². The maximum Gasteiger partial charge on any atom is 0.284 e. The van der Waals surface area contributed by atoms with Crippen molar-refractivity contribution in [3.05, 3.63) is 11.9 Å². The first kappa shape index (κ1) is 6.98. The number of nitrogens with two attached hydrogens (primary N) is 1. The molecule has 0 unspecified atom stereocenters. The van der Waals surface area contributed by atoms with Crippen molar-refractivity contribution >= 4 is 5.69 Å². The molecule has 0 radical (unpaired) electrons. The summed E-state index contributed by atoms with van der Waals surface area (Å²) in [5.41, 5.74) is 4.87. The second-order valence-electron chi connectivity index (χ2n) is 1.94. The zero-order chi connectivity index (χ0) is 7.72. The van der Waals surface area contributed by atoms with E-state index in [0.29, 0.717) is 0 Å². The largest absolute Gasteiger partial charge is 0.396 e. The Morgan fingerprint density at radius 1 is 1.70 bits per heavy atom. The van der Waals surface area contributed by atoms with E-state index in [-0.39, 0.29) is 11.4 Å². The summed E-state index contributed by atoms with van der Waals surface area (Å²) in [6.45, 7) is 0. The van der Waals surface area contributed by atoms with Gasteiger partial charge in [-0.05, 0) is 0 Å². The molecule has 1 heterocycles. The van der Waals surface area contributed by atoms with Crippen LogP contribution in [0.2, 0.25) is 0 Å². The van der Waals surface area contributed by atoms with E-state index in [0.717, 1.165) is 0 Å². The van der Waals surface area contributed by atoms with Crippen LogP contribution in [0.3, 0.4) is 0 Å². The summed E-state index contributed by atoms with van der Waals surface area (Å²) in [5, 5.41) is 3.45. The highest BCUT2D eigenvalue weighted by atomic mass is 19.3. The van der Waals surface area contributed by atoms with Crippen LogP contribution >= 0.6 is 0 Å². The minimum absolute atomic E-state index is 0.0394. The number of halogens is 2. The molecule has 1 rings (SSSR count). The van der Waals surface area contributed by atoms with E-state index >= 15 is 0 Å². The van der Waals surface area contributed by atoms with Crippen LogP contribution in [0.5, 0.6) is 0 Å². The van der Waals surface area contributed by atoms with E-state index in [1.165, 1.54) is 10.9 Å². The molecule has 0 saturated carbocycles. The smallest absolute Gasteiger partial charge is 0.284 e. The highest BCUT2D eigenvalue weighted by Crippen LogP contribution is 2.21. The molecule has 0 saturated heterocycles. The third-order valence-electron chi connectivity index (χ3n) is 1.09. The summed E-state index contributed by atoms with van der Waals surface area (Å²) < 4.78 is 25.0. The highest BCUT2D eigenvalue weighted by molar-refractivity contribution is 5.40. The number of hydrogen-bond donors (Lipinski definition) is 1. The molecule has 2 N–H and O–H groups in total. The molecular formula is C5H7F2N3. The Bertz CT molecular complexity index is 231. The molecule has 0 fully saturated rings. The van der Waals surface area contributed by atoms with Crippen molar-refractivity contribution in [1.82, 2.24) is 9.78 Å². The van der Waals surface area contributed by atoms with E-state index in [4.69, 9.17) is 5.73 Å². The molecule has 1 aromatic heterocycles. The predicted molar refractivity (Wildman–Crippen MR) is 32.6 cm³/mol. The maximum absolute atomic E-state index is 11.9. The summed E-state index contributed by atoms with van der Waals surface area (Å²) in [5.74, 6) is 0. The van der Waals surface area contributed by atoms with E-state index in [2.05, 4.69) is 5.10 Å². The van der Waals surface area contributed by atoms with Crippen molar-refractivity contribution < 1.29 is 8.78 Å². The van der Waals surface area contributed by atoms with Gasteiger partial charge >= 0.3 is 0 Å². The van der Waals surface area contributed by atoms with Crippen LogP contribution in [-0.4, -0.2) is 9.78 Å². The molecule has 0 amide bonds. The van der Waals surface area contributed by atoms with Crippen LogP contribution in [0.4, 0.5) is 14.5 Å². The second kappa shape index (κ2) is 2.24. The van der Waals surface area contributed by atoms with E-state index < -0.39 is 6.43 Å². The molecule has 0 bridgehead atoms. The van der Waals surface area contributed by atoms with Crippen molar-refractivity contribution in [2.24, 2.45) is 7.05 Å². The highest BCUT2D eigenvalue weighted by Gasteiger charge is 2.14. The summed E-state index contributed by atoms with van der Waals surface area (Å²) in [6.07, 6.45) is -1.23. The van der Waals surface area contributed by atoms with Crippen LogP contribution in [-0.2, 0) is 7.05 Å². The summed E-state index contributed by atoms with van der Waals surface area (Å²) in [7, 11) is 1.54. The molecule has 0 atom stereocenters. The van der Waals surface area contributed by atoms with Gasteiger partial charge in [0, 0.05) is 13.2 Å². The van der Waals surface area contributed by atoms with Crippen molar-refractivity contribution in [2.45, 2.75) is 6.43 Å². The van der Waals surface area contributed by atoms with Crippen molar-refractivity contribution in [3.63, 3.8) is 0 Å². The summed E-state index contributed by atoms with van der Waals surface area (Å²) in [6, 6.07) is 0. The fourth-order valence-corrected chi connectivity index (χ4v) is 0.694. The molecular weight excluding hydrogens is 140 g/mol. The number of rotatable bonds is 1. The number of hydrogen-bond acceptors (Lipinski definition) is 2. The molecule has 1 aromatic rings. The minimum atomic E-state index is -2.58. The lowest BCUT2D eigenvalue weighted by Crippen LogP contribution is -1.92. The monoisotopic (exact) mass is 147 g/mol. The number of anilines is 1. The van der Waals surface area contributed by atoms with Gasteiger partial charge in [0.15, 0.2) is 5.69 Å². The third kappa shape index (κ3) is 1.07. The quantitative estimate of drug-likeness (QED) is 0.642. The number of aromatic nitrogens is 2. The lowest BCUT2D eigenvalue weighted by atomic mass is 10.4. The molecule has 56 valence electrons. The molecule has 10 heavy (non-hydrogen) atoms. The Balaban J connectivity index is 3.03. The lowest BCUT2D eigenvalue weighted by Gasteiger charge is -1.91. The van der Waals surface area contributed by atoms with Gasteiger partial charge in [-0.15, -0.1) is 0 Å². The molecule has 5 heteroatoms. The Kier molecular flexibility index (Phi) is 1.57. The maximum atomic E-state index is 11.9. The molecule has 0 spiro atoms. The van der Waals surface area contributed by atoms with Crippen molar-refractivity contribution in [1.29, 1.82) is 0 Å².